The summed E-state index contributed by atoms with van der Waals surface area (Å²) in [5, 5.41) is 47.5. The zero-order chi connectivity index (χ0) is 91.0. The van der Waals surface area contributed by atoms with Crippen molar-refractivity contribution in [3.8, 4) is 45.3 Å². The van der Waals surface area contributed by atoms with E-state index in [1.54, 1.807) is 34.6 Å². The number of likely N-dealkylation sites (tertiary alicyclic amines) is 3. The van der Waals surface area contributed by atoms with Gasteiger partial charge in [0, 0.05) is 125 Å². The lowest BCUT2D eigenvalue weighted by Crippen LogP contribution is -2.41. The van der Waals surface area contributed by atoms with Gasteiger partial charge in [0.1, 0.15) is 39.5 Å². The number of halogens is 1. The Morgan fingerprint density at radius 3 is 1.16 bits per heavy atom. The monoisotopic (exact) mass is 1810 g/mol. The second-order valence-electron chi connectivity index (χ2n) is 35.5. The molecule has 0 spiro atoms. The van der Waals surface area contributed by atoms with Crippen molar-refractivity contribution in [3.05, 3.63) is 161 Å². The van der Waals surface area contributed by atoms with Crippen LogP contribution in [0.4, 0.5) is 35.3 Å². The number of nitrogens with zero attached hydrogens (tertiary/aromatic N) is 15. The van der Waals surface area contributed by atoms with E-state index in [0.717, 1.165) is 164 Å². The van der Waals surface area contributed by atoms with Gasteiger partial charge in [-0.2, -0.15) is 15.0 Å². The molecule has 0 bridgehead atoms. The third-order valence-corrected chi connectivity index (χ3v) is 24.9. The maximum atomic E-state index is 10.3. The lowest BCUT2D eigenvalue weighted by atomic mass is 9.80. The second kappa shape index (κ2) is 45.2. The molecule has 13 heterocycles. The summed E-state index contributed by atoms with van der Waals surface area (Å²) in [6, 6.07) is 29.8. The van der Waals surface area contributed by atoms with E-state index in [2.05, 4.69) is 139 Å². The van der Waals surface area contributed by atoms with Crippen molar-refractivity contribution in [2.45, 2.75) is 226 Å². The highest BCUT2D eigenvalue weighted by Gasteiger charge is 2.52. The smallest absolute Gasteiger partial charge is 0.496 e. The number of aliphatic hydroxyl groups is 3. The van der Waals surface area contributed by atoms with Crippen LogP contribution in [0.2, 0.25) is 0 Å². The molecule has 4 saturated heterocycles. The predicted octanol–water partition coefficient (Wildman–Crippen LogP) is 16.0. The summed E-state index contributed by atoms with van der Waals surface area (Å²) in [4.78, 5) is 63.3. The van der Waals surface area contributed by atoms with Crippen molar-refractivity contribution in [2.24, 2.45) is 0 Å². The first-order valence-corrected chi connectivity index (χ1v) is 45.9. The third-order valence-electron chi connectivity index (χ3n) is 24.4. The fourth-order valence-corrected chi connectivity index (χ4v) is 16.0. The Kier molecular flexibility index (Phi) is 34.2. The Labute approximate surface area is 762 Å². The number of hydrogen-bond acceptors (Lipinski definition) is 30. The molecule has 4 fully saturated rings. The number of pyridine rings is 6. The van der Waals surface area contributed by atoms with Crippen molar-refractivity contribution in [1.29, 1.82) is 0 Å². The molecule has 128 heavy (non-hydrogen) atoms. The highest BCUT2D eigenvalue weighted by molar-refractivity contribution is 9.10. The molecule has 0 radical (unpaired) electrons. The number of anilines is 6. The van der Waals surface area contributed by atoms with Crippen LogP contribution in [0.5, 0.6) is 23.0 Å². The summed E-state index contributed by atoms with van der Waals surface area (Å²) in [5.41, 5.74) is 17.1. The van der Waals surface area contributed by atoms with Crippen molar-refractivity contribution < 1.29 is 43.6 Å². The molecule has 9 aromatic heterocycles. The molecule has 10 N–H and O–H groups in total. The average molecular weight is 1810 g/mol. The number of unbranched alkanes of at least 4 members (excludes halogenated alkanes) is 3. The van der Waals surface area contributed by atoms with Gasteiger partial charge in [-0.1, -0.05) is 71.4 Å². The number of methoxy groups -OCH3 is 4. The second-order valence-corrected chi connectivity index (χ2v) is 36.4. The van der Waals surface area contributed by atoms with Crippen LogP contribution < -0.4 is 56.7 Å². The van der Waals surface area contributed by atoms with Gasteiger partial charge < -0.3 is 75.9 Å². The SMILES string of the molecule is Brc1ccc(CN2CCCC2)nc1.CCCC[C@](C)(CO)Nc1nc(N)nc2cc(-c3ccc(CN4CCCC4)nc3)cnc12.CCCC[C@](C)(CO)Nc1nc(NCc2ccc(OC)cc2OC)nc2cc(-c3ccc(CN4CCCC4)nc3)cnc12.CCCC[C@](C)(CO)Nc1nc(NCc2ccc(OC)cc2OC)nc2cc(B3OC(C)(C)C(C)(C)O3)cnc12. The summed E-state index contributed by atoms with van der Waals surface area (Å²) in [5.74, 6) is 5.55. The van der Waals surface area contributed by atoms with E-state index in [1.807, 2.05) is 134 Å². The summed E-state index contributed by atoms with van der Waals surface area (Å²) >= 11 is 3.38. The summed E-state index contributed by atoms with van der Waals surface area (Å²) < 4.78 is 35.4. The number of rotatable bonds is 37. The minimum absolute atomic E-state index is 0.00800. The van der Waals surface area contributed by atoms with Gasteiger partial charge in [0.25, 0.3) is 0 Å². The molecule has 0 unspecified atom stereocenters. The highest BCUT2D eigenvalue weighted by Crippen LogP contribution is 2.39. The molecule has 684 valence electrons. The molecule has 15 rings (SSSR count). The van der Waals surface area contributed by atoms with Gasteiger partial charge in [-0.3, -0.25) is 44.6 Å². The number of benzene rings is 2. The van der Waals surface area contributed by atoms with Gasteiger partial charge >= 0.3 is 7.12 Å². The number of nitrogens with one attached hydrogen (secondary N) is 5. The molecule has 32 heteroatoms. The fourth-order valence-electron chi connectivity index (χ4n) is 15.8. The quantitative estimate of drug-likeness (QED) is 0.0163. The lowest BCUT2D eigenvalue weighted by Gasteiger charge is -2.32. The van der Waals surface area contributed by atoms with Crippen molar-refractivity contribution in [2.75, 3.05) is 120 Å². The Bertz CT molecular complexity index is 5390. The van der Waals surface area contributed by atoms with E-state index in [0.29, 0.717) is 92.8 Å². The first kappa shape index (κ1) is 96.7. The van der Waals surface area contributed by atoms with E-state index < -0.39 is 34.9 Å². The highest BCUT2D eigenvalue weighted by atomic mass is 79.9. The molecule has 2 aromatic carbocycles. The van der Waals surface area contributed by atoms with Gasteiger partial charge in [-0.05, 0) is 228 Å². The summed E-state index contributed by atoms with van der Waals surface area (Å²) in [7, 11) is 5.95. The number of nitrogen functional groups attached to an aromatic ring is 1. The predicted molar refractivity (Wildman–Crippen MR) is 514 cm³/mol. The van der Waals surface area contributed by atoms with Crippen LogP contribution >= 0.6 is 15.9 Å². The largest absolute Gasteiger partial charge is 0.497 e. The van der Waals surface area contributed by atoms with Gasteiger partial charge in [0.15, 0.2) is 17.5 Å². The molecular weight excluding hydrogens is 1680 g/mol. The fraction of sp³-hybridized carbons (Fsp3) is 0.500. The van der Waals surface area contributed by atoms with E-state index in [4.69, 9.17) is 68.9 Å². The zero-order valence-corrected chi connectivity index (χ0v) is 78.7. The van der Waals surface area contributed by atoms with E-state index in [1.165, 1.54) is 57.3 Å². The maximum Gasteiger partial charge on any atom is 0.496 e. The normalized spacial score (nSPS) is 16.4. The Morgan fingerprint density at radius 2 is 0.805 bits per heavy atom. The standard InChI is InChI=1S/C33H43N7O3.C29H42BN5O5.C24H33N7O.C10H13BrN2/c1-5-6-13-33(2,22-41)39-31-30-28(37-32(38-31)36-19-24-10-12-27(42-3)17-29(24)43-4)16-25(20-35-30)23-9-11-26(34-18-23)21-40-14-7-8-15-40;1-9-10-13-29(6,18-36)35-25-24-22(14-20(17-31-24)30-39-27(2,3)28(4,5)40-30)33-26(34-25)32-16-19-11-12-21(37-7)15-23(19)38-8;1-3-4-9-24(2,16-32)30-22-21-20(28-23(25)29-22)12-18(14-27-21)17-7-8-19(26-13-17)15-31-10-5-6-11-31;11-9-3-4-10(12-7-9)8-13-5-1-2-6-13/h9-12,16-18,20,41H,5-8,13-15,19,21-22H2,1-4H3,(H2,36,37,38,39);11-12,14-15,17,36H,9-10,13,16,18H2,1-8H3,(H2,32,33,34,35);7-8,12-14,32H,3-6,9-11,15-16H2,1-2H3,(H3,25,28,29,30);3-4,7H,1-2,5-6,8H2/t33-;29-;24-;/m111./s1. The minimum Gasteiger partial charge on any atom is -0.497 e. The van der Waals surface area contributed by atoms with Crippen LogP contribution in [0.1, 0.15) is 194 Å². The number of fused-ring (bicyclic) bond motifs is 3. The minimum atomic E-state index is -0.570. The van der Waals surface area contributed by atoms with E-state index in [-0.39, 0.29) is 25.8 Å². The van der Waals surface area contributed by atoms with Crippen LogP contribution in [-0.2, 0) is 42.0 Å². The first-order valence-electron chi connectivity index (χ1n) is 45.1. The topological polar surface area (TPSA) is 367 Å². The van der Waals surface area contributed by atoms with E-state index >= 15 is 0 Å². The molecular formula is C96H131BBrN21O9. The van der Waals surface area contributed by atoms with Gasteiger partial charge in [0.05, 0.1) is 110 Å². The zero-order valence-electron chi connectivity index (χ0n) is 77.2. The van der Waals surface area contributed by atoms with E-state index in [9.17, 15) is 15.3 Å². The number of ether oxygens (including phenoxy) is 4. The molecule has 30 nitrogen and oxygen atoms in total. The number of aliphatic hydroxyl groups excluding tert-OH is 3. The molecule has 11 aromatic rings. The molecule has 3 atom stereocenters. The van der Waals surface area contributed by atoms with Gasteiger partial charge in [-0.15, -0.1) is 0 Å². The molecule has 0 saturated carbocycles. The molecule has 0 aliphatic carbocycles. The molecule has 0 amide bonds. The van der Waals surface area contributed by atoms with Crippen LogP contribution in [0.25, 0.3) is 55.4 Å². The van der Waals surface area contributed by atoms with Crippen LogP contribution in [0, 0.1) is 0 Å². The van der Waals surface area contributed by atoms with Gasteiger partial charge in [0.2, 0.25) is 17.8 Å². The maximum absolute atomic E-state index is 10.3. The van der Waals surface area contributed by atoms with Crippen molar-refractivity contribution >= 4 is 96.9 Å². The Morgan fingerprint density at radius 1 is 0.438 bits per heavy atom. The number of hydrogen-bond donors (Lipinski definition) is 9. The molecule has 4 aliphatic rings. The Hall–Kier alpha value is -10.4. The lowest BCUT2D eigenvalue weighted by molar-refractivity contribution is 0.00578. The first-order chi connectivity index (χ1) is 61.7. The van der Waals surface area contributed by atoms with Crippen LogP contribution in [0.3, 0.4) is 0 Å². The van der Waals surface area contributed by atoms with Gasteiger partial charge in [-0.25, -0.2) is 15.0 Å². The van der Waals surface area contributed by atoms with Crippen molar-refractivity contribution in [1.82, 2.24) is 74.5 Å². The van der Waals surface area contributed by atoms with Crippen LogP contribution in [-0.4, -0.2) is 212 Å². The Balaban J connectivity index is 0.000000163. The van der Waals surface area contributed by atoms with Crippen LogP contribution in [0.15, 0.2) is 133 Å². The van der Waals surface area contributed by atoms with Crippen molar-refractivity contribution in [3.63, 3.8) is 0 Å². The number of nitrogens with two attached hydrogens (primary N) is 1. The average Bonchev–Trinajstić information content (AvgIpc) is 1.54. The number of aromatic nitrogens is 12. The third kappa shape index (κ3) is 26.0. The summed E-state index contributed by atoms with van der Waals surface area (Å²) in [6.07, 6.45) is 27.3. The summed E-state index contributed by atoms with van der Waals surface area (Å²) in [6.45, 7) is 31.1. The molecule has 4 aliphatic heterocycles.